The fourth-order valence-corrected chi connectivity index (χ4v) is 1.91. The van der Waals surface area contributed by atoms with Crippen LogP contribution in [-0.2, 0) is 6.42 Å². The number of pyridine rings is 1. The van der Waals surface area contributed by atoms with E-state index in [1.807, 2.05) is 0 Å². The van der Waals surface area contributed by atoms with Crippen LogP contribution >= 0.6 is 11.6 Å². The number of aromatic nitrogens is 1. The third-order valence-electron chi connectivity index (χ3n) is 2.74. The van der Waals surface area contributed by atoms with E-state index in [1.165, 1.54) is 30.5 Å². The smallest absolute Gasteiger partial charge is 0.146 e. The van der Waals surface area contributed by atoms with Crippen LogP contribution in [0.3, 0.4) is 0 Å². The average molecular weight is 284 g/mol. The fraction of sp³-hybridized carbons (Fsp3) is 0.154. The lowest BCUT2D eigenvalue weighted by Gasteiger charge is -2.16. The molecule has 0 aliphatic rings. The van der Waals surface area contributed by atoms with Crippen LogP contribution in [0.25, 0.3) is 0 Å². The minimum atomic E-state index is -0.540. The molecule has 1 unspecified atom stereocenters. The van der Waals surface area contributed by atoms with E-state index in [1.54, 1.807) is 6.07 Å². The van der Waals surface area contributed by atoms with Gasteiger partial charge in [0.1, 0.15) is 11.6 Å². The number of hydrazine groups is 1. The van der Waals surface area contributed by atoms with Gasteiger partial charge in [-0.2, -0.15) is 0 Å². The summed E-state index contributed by atoms with van der Waals surface area (Å²) >= 11 is 5.61. The first-order chi connectivity index (χ1) is 9.11. The summed E-state index contributed by atoms with van der Waals surface area (Å²) in [4.78, 5) is 3.95. The Balaban J connectivity index is 2.24. The van der Waals surface area contributed by atoms with Crippen LogP contribution in [0.15, 0.2) is 36.5 Å². The summed E-state index contributed by atoms with van der Waals surface area (Å²) in [6.45, 7) is 0. The number of nitrogens with zero attached hydrogens (tertiary/aromatic N) is 1. The molecule has 1 atom stereocenters. The lowest BCUT2D eigenvalue weighted by molar-refractivity contribution is 0.493. The van der Waals surface area contributed by atoms with Crippen LogP contribution in [-0.4, -0.2) is 4.98 Å². The minimum Gasteiger partial charge on any atom is -0.271 e. The van der Waals surface area contributed by atoms with Crippen LogP contribution in [0.5, 0.6) is 0 Å². The quantitative estimate of drug-likeness (QED) is 0.670. The summed E-state index contributed by atoms with van der Waals surface area (Å²) in [5, 5.41) is 0.0463. The lowest BCUT2D eigenvalue weighted by Crippen LogP contribution is -2.31. The van der Waals surface area contributed by atoms with E-state index in [0.717, 1.165) is 0 Å². The van der Waals surface area contributed by atoms with Crippen molar-refractivity contribution in [3.05, 3.63) is 64.4 Å². The predicted octanol–water partition coefficient (Wildman–Crippen LogP) is 2.76. The van der Waals surface area contributed by atoms with E-state index in [9.17, 15) is 8.78 Å². The summed E-state index contributed by atoms with van der Waals surface area (Å²) in [5.74, 6) is 4.44. The average Bonchev–Trinajstić information content (AvgIpc) is 2.41. The number of hydrogen-bond donors (Lipinski definition) is 2. The topological polar surface area (TPSA) is 50.9 Å². The molecule has 0 radical (unpaired) electrons. The molecule has 0 aliphatic carbocycles. The Morgan fingerprint density at radius 1 is 1.26 bits per heavy atom. The van der Waals surface area contributed by atoms with Gasteiger partial charge in [-0.1, -0.05) is 17.7 Å². The summed E-state index contributed by atoms with van der Waals surface area (Å²) < 4.78 is 27.0. The highest BCUT2D eigenvalue weighted by atomic mass is 35.5. The van der Waals surface area contributed by atoms with E-state index >= 15 is 0 Å². The van der Waals surface area contributed by atoms with Gasteiger partial charge < -0.3 is 0 Å². The molecule has 1 aromatic heterocycles. The van der Waals surface area contributed by atoms with Gasteiger partial charge in [0.15, 0.2) is 0 Å². The molecular weight excluding hydrogens is 272 g/mol. The molecule has 0 saturated heterocycles. The first-order valence-corrected chi connectivity index (χ1v) is 6.00. The SMILES string of the molecule is NNC(Cc1ccc(Cl)c(F)c1)c1ncccc1F. The molecule has 1 heterocycles. The molecule has 0 aliphatic heterocycles. The molecule has 3 nitrogen and oxygen atoms in total. The van der Waals surface area contributed by atoms with Gasteiger partial charge in [0, 0.05) is 6.20 Å². The van der Waals surface area contributed by atoms with E-state index in [-0.39, 0.29) is 10.7 Å². The van der Waals surface area contributed by atoms with Crippen molar-refractivity contribution < 1.29 is 8.78 Å². The number of rotatable bonds is 4. The zero-order chi connectivity index (χ0) is 13.8. The van der Waals surface area contributed by atoms with Crippen LogP contribution in [0.2, 0.25) is 5.02 Å². The van der Waals surface area contributed by atoms with Crippen molar-refractivity contribution in [3.63, 3.8) is 0 Å². The second-order valence-electron chi connectivity index (χ2n) is 4.04. The Morgan fingerprint density at radius 2 is 2.05 bits per heavy atom. The Labute approximate surface area is 114 Å². The molecular formula is C13H12ClF2N3. The monoisotopic (exact) mass is 283 g/mol. The lowest BCUT2D eigenvalue weighted by atomic mass is 10.0. The van der Waals surface area contributed by atoms with Gasteiger partial charge in [0.2, 0.25) is 0 Å². The molecule has 0 saturated carbocycles. The summed E-state index contributed by atoms with van der Waals surface area (Å²) in [5.41, 5.74) is 3.33. The van der Waals surface area contributed by atoms with Crippen molar-refractivity contribution in [1.82, 2.24) is 10.4 Å². The van der Waals surface area contributed by atoms with Gasteiger partial charge in [0.05, 0.1) is 16.8 Å². The van der Waals surface area contributed by atoms with Crippen molar-refractivity contribution >= 4 is 11.6 Å². The molecule has 0 spiro atoms. The van der Waals surface area contributed by atoms with E-state index in [4.69, 9.17) is 17.4 Å². The second-order valence-corrected chi connectivity index (χ2v) is 4.45. The van der Waals surface area contributed by atoms with Gasteiger partial charge in [-0.15, -0.1) is 0 Å². The van der Waals surface area contributed by atoms with Crippen molar-refractivity contribution in [2.24, 2.45) is 5.84 Å². The summed E-state index contributed by atoms with van der Waals surface area (Å²) in [6.07, 6.45) is 1.78. The zero-order valence-electron chi connectivity index (χ0n) is 9.91. The molecule has 2 rings (SSSR count). The number of hydrogen-bond acceptors (Lipinski definition) is 3. The third kappa shape index (κ3) is 3.26. The van der Waals surface area contributed by atoms with Crippen molar-refractivity contribution in [1.29, 1.82) is 0 Å². The zero-order valence-corrected chi connectivity index (χ0v) is 10.7. The molecule has 19 heavy (non-hydrogen) atoms. The number of nitrogens with two attached hydrogens (primary N) is 1. The molecule has 0 fully saturated rings. The first kappa shape index (κ1) is 13.9. The van der Waals surface area contributed by atoms with Crippen LogP contribution in [0, 0.1) is 11.6 Å². The maximum Gasteiger partial charge on any atom is 0.146 e. The number of halogens is 3. The first-order valence-electron chi connectivity index (χ1n) is 5.62. The van der Waals surface area contributed by atoms with Crippen molar-refractivity contribution in [3.8, 4) is 0 Å². The number of nitrogens with one attached hydrogen (secondary N) is 1. The highest BCUT2D eigenvalue weighted by molar-refractivity contribution is 6.30. The van der Waals surface area contributed by atoms with Crippen molar-refractivity contribution in [2.45, 2.75) is 12.5 Å². The standard InChI is InChI=1S/C13H12ClF2N3/c14-9-4-3-8(6-11(9)16)7-12(19-17)13-10(15)2-1-5-18-13/h1-6,12,19H,7,17H2. The summed E-state index contributed by atoms with van der Waals surface area (Å²) in [7, 11) is 0. The molecule has 100 valence electrons. The maximum absolute atomic E-state index is 13.6. The van der Waals surface area contributed by atoms with Crippen molar-refractivity contribution in [2.75, 3.05) is 0 Å². The Bertz CT molecular complexity index is 578. The summed E-state index contributed by atoms with van der Waals surface area (Å²) in [6, 6.07) is 6.67. The van der Waals surface area contributed by atoms with E-state index in [0.29, 0.717) is 12.0 Å². The van der Waals surface area contributed by atoms with E-state index in [2.05, 4.69) is 10.4 Å². The van der Waals surface area contributed by atoms with Gasteiger partial charge in [0.25, 0.3) is 0 Å². The molecule has 1 aromatic carbocycles. The molecule has 2 aromatic rings. The number of benzene rings is 1. The molecule has 0 amide bonds. The van der Waals surface area contributed by atoms with Gasteiger partial charge in [-0.05, 0) is 36.2 Å². The van der Waals surface area contributed by atoms with Crippen LogP contribution in [0.4, 0.5) is 8.78 Å². The largest absolute Gasteiger partial charge is 0.271 e. The Kier molecular flexibility index (Phi) is 4.42. The maximum atomic E-state index is 13.6. The van der Waals surface area contributed by atoms with Crippen LogP contribution < -0.4 is 11.3 Å². The van der Waals surface area contributed by atoms with Gasteiger partial charge >= 0.3 is 0 Å². The molecule has 3 N–H and O–H groups in total. The van der Waals surface area contributed by atoms with Gasteiger partial charge in [-0.25, -0.2) is 8.78 Å². The third-order valence-corrected chi connectivity index (χ3v) is 3.05. The van der Waals surface area contributed by atoms with E-state index < -0.39 is 17.7 Å². The fourth-order valence-electron chi connectivity index (χ4n) is 1.79. The highest BCUT2D eigenvalue weighted by Crippen LogP contribution is 2.21. The Hall–Kier alpha value is -1.56. The second kappa shape index (κ2) is 6.06. The molecule has 6 heteroatoms. The highest BCUT2D eigenvalue weighted by Gasteiger charge is 2.16. The Morgan fingerprint density at radius 3 is 2.68 bits per heavy atom. The molecule has 0 bridgehead atoms. The minimum absolute atomic E-state index is 0.0463. The van der Waals surface area contributed by atoms with Crippen LogP contribution in [0.1, 0.15) is 17.3 Å². The predicted molar refractivity (Wildman–Crippen MR) is 69.4 cm³/mol. The van der Waals surface area contributed by atoms with Gasteiger partial charge in [-0.3, -0.25) is 16.3 Å². The normalized spacial score (nSPS) is 12.4.